The molecule has 166 valence electrons. The lowest BCUT2D eigenvalue weighted by molar-refractivity contribution is -0.149. The van der Waals surface area contributed by atoms with Crippen LogP contribution in [0.1, 0.15) is 55.9 Å². The van der Waals surface area contributed by atoms with Gasteiger partial charge in [0.05, 0.1) is 24.2 Å². The average molecular weight is 427 g/mol. The van der Waals surface area contributed by atoms with Crippen LogP contribution in [0, 0.1) is 17.2 Å². The number of unbranched alkanes of at least 4 members (excludes halogenated alkanes) is 2. The first-order valence-electron chi connectivity index (χ1n) is 10.8. The summed E-state index contributed by atoms with van der Waals surface area (Å²) in [5.74, 6) is -0.148. The summed E-state index contributed by atoms with van der Waals surface area (Å²) in [5, 5.41) is 8.65. The number of nitriles is 1. The Morgan fingerprint density at radius 1 is 1.26 bits per heavy atom. The van der Waals surface area contributed by atoms with E-state index in [2.05, 4.69) is 20.7 Å². The van der Waals surface area contributed by atoms with Crippen LogP contribution >= 0.6 is 0 Å². The van der Waals surface area contributed by atoms with Gasteiger partial charge in [-0.25, -0.2) is 9.78 Å². The summed E-state index contributed by atoms with van der Waals surface area (Å²) in [7, 11) is 1.31. The fourth-order valence-electron chi connectivity index (χ4n) is 4.05. The largest absolute Gasteiger partial charge is 0.467 e. The molecule has 0 amide bonds. The zero-order valence-corrected chi connectivity index (χ0v) is 18.2. The Balaban J connectivity index is 1.71. The van der Waals surface area contributed by atoms with Crippen molar-refractivity contribution in [3.63, 3.8) is 0 Å². The number of imidazole rings is 1. The Hall–Kier alpha value is -2.76. The van der Waals surface area contributed by atoms with Crippen molar-refractivity contribution in [2.24, 2.45) is 5.92 Å². The number of ether oxygens (including phenoxy) is 2. The number of fused-ring (bicyclic) bond motifs is 1. The summed E-state index contributed by atoms with van der Waals surface area (Å²) >= 11 is 0. The smallest absolute Gasteiger partial charge is 0.331 e. The van der Waals surface area contributed by atoms with Crippen molar-refractivity contribution in [2.75, 3.05) is 33.4 Å². The van der Waals surface area contributed by atoms with Crippen LogP contribution in [0.2, 0.25) is 0 Å². The second-order valence-electron chi connectivity index (χ2n) is 7.88. The van der Waals surface area contributed by atoms with Gasteiger partial charge in [0.15, 0.2) is 5.82 Å². The number of esters is 1. The molecule has 0 bridgehead atoms. The molecule has 0 radical (unpaired) electrons. The molecule has 8 heteroatoms. The molecule has 1 aliphatic rings. The first kappa shape index (κ1) is 22.9. The molecule has 2 heterocycles. The molecule has 1 unspecified atom stereocenters. The molecule has 1 aromatic carbocycles. The topological polar surface area (TPSA) is 97.5 Å². The van der Waals surface area contributed by atoms with Crippen molar-refractivity contribution < 1.29 is 19.1 Å². The second kappa shape index (κ2) is 11.0. The van der Waals surface area contributed by atoms with Crippen molar-refractivity contribution in [2.45, 2.75) is 45.3 Å². The van der Waals surface area contributed by atoms with Gasteiger partial charge in [-0.3, -0.25) is 9.36 Å². The number of para-hydroxylation sites is 2. The molecule has 1 fully saturated rings. The highest BCUT2D eigenvalue weighted by atomic mass is 16.6. The van der Waals surface area contributed by atoms with Crippen molar-refractivity contribution in [1.82, 2.24) is 14.5 Å². The standard InChI is InChI=1S/C23H30N4O4/c1-17(31-16-21(28)30-2)27-20-9-5-4-8-19(20)25-23(27)22(29)18-10-14-26(15-11-18)13-7-3-6-12-24/h4-5,8-9,17-18H,3,6-7,10-11,13-16H2,1-2H3. The van der Waals surface area contributed by atoms with Crippen molar-refractivity contribution in [3.8, 4) is 6.07 Å². The van der Waals surface area contributed by atoms with Crippen molar-refractivity contribution in [3.05, 3.63) is 30.1 Å². The van der Waals surface area contributed by atoms with Crippen LogP contribution in [-0.4, -0.2) is 59.6 Å². The van der Waals surface area contributed by atoms with Gasteiger partial charge >= 0.3 is 5.97 Å². The maximum Gasteiger partial charge on any atom is 0.331 e. The number of hydrogen-bond acceptors (Lipinski definition) is 7. The van der Waals surface area contributed by atoms with Gasteiger partial charge in [0.1, 0.15) is 12.8 Å². The Bertz CT molecular complexity index is 941. The summed E-state index contributed by atoms with van der Waals surface area (Å²) in [6.07, 6.45) is 3.57. The zero-order valence-electron chi connectivity index (χ0n) is 18.2. The minimum absolute atomic E-state index is 0.0221. The van der Waals surface area contributed by atoms with E-state index < -0.39 is 12.2 Å². The molecular weight excluding hydrogens is 396 g/mol. The summed E-state index contributed by atoms with van der Waals surface area (Å²) in [6.45, 7) is 4.33. The van der Waals surface area contributed by atoms with Crippen LogP contribution in [0.15, 0.2) is 24.3 Å². The van der Waals surface area contributed by atoms with E-state index in [9.17, 15) is 9.59 Å². The van der Waals surface area contributed by atoms with Crippen molar-refractivity contribution in [1.29, 1.82) is 5.26 Å². The normalized spacial score (nSPS) is 16.2. The van der Waals surface area contributed by atoms with E-state index in [4.69, 9.17) is 10.00 Å². The number of likely N-dealkylation sites (tertiary alicyclic amines) is 1. The zero-order chi connectivity index (χ0) is 22.2. The number of piperidine rings is 1. The number of hydrogen-bond donors (Lipinski definition) is 0. The third-order valence-corrected chi connectivity index (χ3v) is 5.82. The predicted octanol–water partition coefficient (Wildman–Crippen LogP) is 3.33. The molecule has 3 rings (SSSR count). The van der Waals surface area contributed by atoms with E-state index in [1.54, 1.807) is 11.5 Å². The van der Waals surface area contributed by atoms with Crippen LogP contribution in [0.25, 0.3) is 11.0 Å². The van der Waals surface area contributed by atoms with E-state index in [-0.39, 0.29) is 18.3 Å². The third-order valence-electron chi connectivity index (χ3n) is 5.82. The molecule has 1 aromatic heterocycles. The number of carbonyl (C=O) groups excluding carboxylic acids is 2. The quantitative estimate of drug-likeness (QED) is 0.326. The van der Waals surface area contributed by atoms with E-state index in [1.165, 1.54) is 7.11 Å². The lowest BCUT2D eigenvalue weighted by atomic mass is 9.92. The van der Waals surface area contributed by atoms with Gasteiger partial charge in [-0.15, -0.1) is 0 Å². The van der Waals surface area contributed by atoms with Crippen LogP contribution < -0.4 is 0 Å². The van der Waals surface area contributed by atoms with Crippen LogP contribution in [-0.2, 0) is 14.3 Å². The maximum absolute atomic E-state index is 13.4. The summed E-state index contributed by atoms with van der Waals surface area (Å²) < 4.78 is 12.1. The van der Waals surface area contributed by atoms with E-state index >= 15 is 0 Å². The summed E-state index contributed by atoms with van der Waals surface area (Å²) in [6, 6.07) is 9.74. The van der Waals surface area contributed by atoms with E-state index in [0.29, 0.717) is 12.2 Å². The van der Waals surface area contributed by atoms with E-state index in [1.807, 2.05) is 24.3 Å². The average Bonchev–Trinajstić information content (AvgIpc) is 3.19. The van der Waals surface area contributed by atoms with Crippen LogP contribution in [0.3, 0.4) is 0 Å². The fourth-order valence-corrected chi connectivity index (χ4v) is 4.05. The SMILES string of the molecule is COC(=O)COC(C)n1c(C(=O)C2CCN(CCCCC#N)CC2)nc2ccccc21. The Morgan fingerprint density at radius 3 is 2.71 bits per heavy atom. The number of ketones is 1. The van der Waals surface area contributed by atoms with Gasteiger partial charge in [0.2, 0.25) is 5.78 Å². The molecule has 1 aliphatic heterocycles. The van der Waals surface area contributed by atoms with Crippen LogP contribution in [0.4, 0.5) is 0 Å². The third kappa shape index (κ3) is 5.69. The molecule has 2 aromatic rings. The highest BCUT2D eigenvalue weighted by molar-refractivity contribution is 5.98. The fraction of sp³-hybridized carbons (Fsp3) is 0.565. The minimum Gasteiger partial charge on any atom is -0.467 e. The molecule has 8 nitrogen and oxygen atoms in total. The Labute approximate surface area is 182 Å². The molecule has 0 saturated carbocycles. The molecule has 31 heavy (non-hydrogen) atoms. The Kier molecular flexibility index (Phi) is 8.15. The molecule has 0 aliphatic carbocycles. The van der Waals surface area contributed by atoms with Gasteiger partial charge in [0, 0.05) is 12.3 Å². The number of carbonyl (C=O) groups is 2. The number of Topliss-reactive ketones (excluding diaryl/α,β-unsaturated/α-hetero) is 1. The van der Waals surface area contributed by atoms with Gasteiger partial charge in [-0.05, 0) is 64.4 Å². The lowest BCUT2D eigenvalue weighted by Gasteiger charge is -2.31. The monoisotopic (exact) mass is 426 g/mol. The molecule has 0 spiro atoms. The summed E-state index contributed by atoms with van der Waals surface area (Å²) in [4.78, 5) is 31.9. The Morgan fingerprint density at radius 2 is 2.00 bits per heavy atom. The summed E-state index contributed by atoms with van der Waals surface area (Å²) in [5.41, 5.74) is 1.53. The highest BCUT2D eigenvalue weighted by Crippen LogP contribution is 2.27. The van der Waals surface area contributed by atoms with Gasteiger partial charge in [0.25, 0.3) is 0 Å². The van der Waals surface area contributed by atoms with Crippen LogP contribution in [0.5, 0.6) is 0 Å². The second-order valence-corrected chi connectivity index (χ2v) is 7.88. The first-order valence-corrected chi connectivity index (χ1v) is 10.8. The number of aromatic nitrogens is 2. The first-order chi connectivity index (χ1) is 15.0. The number of rotatable bonds is 10. The molecular formula is C23H30N4O4. The van der Waals surface area contributed by atoms with Gasteiger partial charge in [-0.2, -0.15) is 5.26 Å². The van der Waals surface area contributed by atoms with Gasteiger partial charge in [-0.1, -0.05) is 12.1 Å². The molecule has 1 saturated heterocycles. The van der Waals surface area contributed by atoms with Gasteiger partial charge < -0.3 is 14.4 Å². The highest BCUT2D eigenvalue weighted by Gasteiger charge is 2.30. The molecule has 1 atom stereocenters. The minimum atomic E-state index is -0.536. The number of benzene rings is 1. The molecule has 0 N–H and O–H groups in total. The number of methoxy groups -OCH3 is 1. The maximum atomic E-state index is 13.4. The van der Waals surface area contributed by atoms with Crippen molar-refractivity contribution >= 4 is 22.8 Å². The lowest BCUT2D eigenvalue weighted by Crippen LogP contribution is -2.37. The van der Waals surface area contributed by atoms with E-state index in [0.717, 1.165) is 56.4 Å². The number of nitrogens with zero attached hydrogens (tertiary/aromatic N) is 4. The predicted molar refractivity (Wildman–Crippen MR) is 115 cm³/mol.